The summed E-state index contributed by atoms with van der Waals surface area (Å²) < 4.78 is 0. The number of hydrogen-bond acceptors (Lipinski definition) is 2. The van der Waals surface area contributed by atoms with E-state index in [1.54, 1.807) is 0 Å². The van der Waals surface area contributed by atoms with Crippen LogP contribution in [0.5, 0.6) is 0 Å². The molecule has 0 heterocycles. The van der Waals surface area contributed by atoms with Crippen molar-refractivity contribution in [2.45, 2.75) is 20.3 Å². The first-order chi connectivity index (χ1) is 9.24. The van der Waals surface area contributed by atoms with E-state index in [0.717, 1.165) is 19.5 Å². The van der Waals surface area contributed by atoms with E-state index in [4.69, 9.17) is 0 Å². The summed E-state index contributed by atoms with van der Waals surface area (Å²) in [6.07, 6.45) is 1.10. The molecule has 0 radical (unpaired) electrons. The Labute approximate surface area is 115 Å². The Kier molecular flexibility index (Phi) is 4.85. The van der Waals surface area contributed by atoms with E-state index in [9.17, 15) is 0 Å². The van der Waals surface area contributed by atoms with Gasteiger partial charge in [0.15, 0.2) is 0 Å². The number of aryl methyl sites for hydroxylation is 2. The highest BCUT2D eigenvalue weighted by Gasteiger charge is 1.94. The van der Waals surface area contributed by atoms with Gasteiger partial charge in [0.1, 0.15) is 0 Å². The van der Waals surface area contributed by atoms with Gasteiger partial charge in [0.2, 0.25) is 0 Å². The molecule has 0 saturated carbocycles. The lowest BCUT2D eigenvalue weighted by atomic mass is 10.2. The third-order valence-electron chi connectivity index (χ3n) is 3.05. The highest BCUT2D eigenvalue weighted by atomic mass is 14.9. The molecule has 0 aliphatic heterocycles. The quantitative estimate of drug-likeness (QED) is 0.754. The van der Waals surface area contributed by atoms with Crippen LogP contribution in [0.25, 0.3) is 0 Å². The van der Waals surface area contributed by atoms with Crippen molar-refractivity contribution >= 4 is 11.4 Å². The third kappa shape index (κ3) is 4.66. The molecule has 2 heteroatoms. The Bertz CT molecular complexity index is 473. The first-order valence-corrected chi connectivity index (χ1v) is 6.85. The largest absolute Gasteiger partial charge is 0.385 e. The highest BCUT2D eigenvalue weighted by Crippen LogP contribution is 2.10. The lowest BCUT2D eigenvalue weighted by Gasteiger charge is -2.09. The molecule has 0 spiro atoms. The fraction of sp³-hybridized carbons (Fsp3) is 0.294. The van der Waals surface area contributed by atoms with Crippen molar-refractivity contribution in [1.29, 1.82) is 0 Å². The summed E-state index contributed by atoms with van der Waals surface area (Å²) in [5, 5.41) is 6.89. The molecule has 0 saturated heterocycles. The molecule has 2 nitrogen and oxygen atoms in total. The highest BCUT2D eigenvalue weighted by molar-refractivity contribution is 5.46. The Morgan fingerprint density at radius 2 is 1.21 bits per heavy atom. The smallest absolute Gasteiger partial charge is 0.0342 e. The first-order valence-electron chi connectivity index (χ1n) is 6.85. The summed E-state index contributed by atoms with van der Waals surface area (Å²) in [5.41, 5.74) is 5.00. The molecule has 19 heavy (non-hydrogen) atoms. The SMILES string of the molecule is Cc1cccc(NCCCNc2cccc(C)c2)c1. The van der Waals surface area contributed by atoms with Gasteiger partial charge in [-0.3, -0.25) is 0 Å². The molecule has 0 aliphatic carbocycles. The van der Waals surface area contributed by atoms with Crippen LogP contribution in [-0.2, 0) is 0 Å². The summed E-state index contributed by atoms with van der Waals surface area (Å²) in [6, 6.07) is 17.0. The standard InChI is InChI=1S/C17H22N2/c1-14-6-3-8-16(12-14)18-10-5-11-19-17-9-4-7-15(2)13-17/h3-4,6-9,12-13,18-19H,5,10-11H2,1-2H3. The molecule has 0 aliphatic rings. The summed E-state index contributed by atoms with van der Waals surface area (Å²) in [6.45, 7) is 6.21. The maximum absolute atomic E-state index is 3.44. The molecule has 0 fully saturated rings. The van der Waals surface area contributed by atoms with E-state index < -0.39 is 0 Å². The van der Waals surface area contributed by atoms with Gasteiger partial charge in [0, 0.05) is 24.5 Å². The topological polar surface area (TPSA) is 24.1 Å². The molecule has 2 aromatic rings. The van der Waals surface area contributed by atoms with Crippen LogP contribution >= 0.6 is 0 Å². The minimum absolute atomic E-state index is 0.988. The Morgan fingerprint density at radius 1 is 0.737 bits per heavy atom. The van der Waals surface area contributed by atoms with Crippen LogP contribution in [0.1, 0.15) is 17.5 Å². The molecule has 0 bridgehead atoms. The van der Waals surface area contributed by atoms with Gasteiger partial charge in [0.05, 0.1) is 0 Å². The molecule has 2 N–H and O–H groups in total. The molecule has 0 amide bonds. The van der Waals surface area contributed by atoms with Crippen molar-refractivity contribution < 1.29 is 0 Å². The Hall–Kier alpha value is -1.96. The number of hydrogen-bond donors (Lipinski definition) is 2. The van der Waals surface area contributed by atoms with Gasteiger partial charge in [-0.1, -0.05) is 24.3 Å². The van der Waals surface area contributed by atoms with Gasteiger partial charge in [0.25, 0.3) is 0 Å². The molecule has 0 atom stereocenters. The zero-order valence-electron chi connectivity index (χ0n) is 11.7. The molecule has 0 aromatic heterocycles. The van der Waals surface area contributed by atoms with Gasteiger partial charge in [-0.05, 0) is 55.7 Å². The minimum atomic E-state index is 0.988. The van der Waals surface area contributed by atoms with Gasteiger partial charge in [-0.15, -0.1) is 0 Å². The van der Waals surface area contributed by atoms with Gasteiger partial charge < -0.3 is 10.6 Å². The van der Waals surface area contributed by atoms with Crippen LogP contribution in [0.15, 0.2) is 48.5 Å². The van der Waals surface area contributed by atoms with E-state index >= 15 is 0 Å². The molecule has 2 rings (SSSR count). The average Bonchev–Trinajstić information content (AvgIpc) is 2.38. The van der Waals surface area contributed by atoms with E-state index in [2.05, 4.69) is 73.0 Å². The van der Waals surface area contributed by atoms with Crippen LogP contribution < -0.4 is 10.6 Å². The normalized spacial score (nSPS) is 10.2. The van der Waals surface area contributed by atoms with E-state index in [0.29, 0.717) is 0 Å². The van der Waals surface area contributed by atoms with Crippen LogP contribution in [-0.4, -0.2) is 13.1 Å². The van der Waals surface area contributed by atoms with E-state index in [1.165, 1.54) is 22.5 Å². The van der Waals surface area contributed by atoms with Crippen LogP contribution in [0.2, 0.25) is 0 Å². The molecular weight excluding hydrogens is 232 g/mol. The summed E-state index contributed by atoms with van der Waals surface area (Å²) >= 11 is 0. The van der Waals surface area contributed by atoms with Crippen molar-refractivity contribution in [3.05, 3.63) is 59.7 Å². The van der Waals surface area contributed by atoms with Crippen LogP contribution in [0.3, 0.4) is 0 Å². The third-order valence-corrected chi connectivity index (χ3v) is 3.05. The Balaban J connectivity index is 1.67. The van der Waals surface area contributed by atoms with Crippen molar-refractivity contribution in [1.82, 2.24) is 0 Å². The predicted molar refractivity (Wildman–Crippen MR) is 84.0 cm³/mol. The van der Waals surface area contributed by atoms with Crippen molar-refractivity contribution in [2.75, 3.05) is 23.7 Å². The zero-order chi connectivity index (χ0) is 13.5. The Morgan fingerprint density at radius 3 is 1.63 bits per heavy atom. The van der Waals surface area contributed by atoms with Crippen molar-refractivity contribution in [3.63, 3.8) is 0 Å². The lowest BCUT2D eigenvalue weighted by Crippen LogP contribution is -2.09. The second-order valence-electron chi connectivity index (χ2n) is 4.95. The fourth-order valence-corrected chi connectivity index (χ4v) is 2.06. The average molecular weight is 254 g/mol. The molecule has 0 unspecified atom stereocenters. The summed E-state index contributed by atoms with van der Waals surface area (Å²) in [5.74, 6) is 0. The van der Waals surface area contributed by atoms with Crippen molar-refractivity contribution in [2.24, 2.45) is 0 Å². The van der Waals surface area contributed by atoms with E-state index in [-0.39, 0.29) is 0 Å². The molecule has 2 aromatic carbocycles. The maximum Gasteiger partial charge on any atom is 0.0342 e. The monoisotopic (exact) mass is 254 g/mol. The summed E-state index contributed by atoms with van der Waals surface area (Å²) in [4.78, 5) is 0. The second kappa shape index (κ2) is 6.83. The predicted octanol–water partition coefficient (Wildman–Crippen LogP) is 4.22. The fourth-order valence-electron chi connectivity index (χ4n) is 2.06. The lowest BCUT2D eigenvalue weighted by molar-refractivity contribution is 0.909. The first kappa shape index (κ1) is 13.5. The van der Waals surface area contributed by atoms with Crippen LogP contribution in [0.4, 0.5) is 11.4 Å². The van der Waals surface area contributed by atoms with Gasteiger partial charge >= 0.3 is 0 Å². The number of rotatable bonds is 6. The second-order valence-corrected chi connectivity index (χ2v) is 4.95. The molecule has 100 valence electrons. The summed E-state index contributed by atoms with van der Waals surface area (Å²) in [7, 11) is 0. The number of benzene rings is 2. The maximum atomic E-state index is 3.44. The number of nitrogens with one attached hydrogen (secondary N) is 2. The van der Waals surface area contributed by atoms with E-state index in [1.807, 2.05) is 0 Å². The van der Waals surface area contributed by atoms with Gasteiger partial charge in [-0.2, -0.15) is 0 Å². The molecular formula is C17H22N2. The van der Waals surface area contributed by atoms with Crippen LogP contribution in [0, 0.1) is 13.8 Å². The number of anilines is 2. The minimum Gasteiger partial charge on any atom is -0.385 e. The zero-order valence-corrected chi connectivity index (χ0v) is 11.7. The van der Waals surface area contributed by atoms with Crippen molar-refractivity contribution in [3.8, 4) is 0 Å². The van der Waals surface area contributed by atoms with Gasteiger partial charge in [-0.25, -0.2) is 0 Å².